The van der Waals surface area contributed by atoms with Crippen LogP contribution in [0, 0.1) is 12.3 Å². The third kappa shape index (κ3) is 8.31. The van der Waals surface area contributed by atoms with Crippen molar-refractivity contribution in [3.8, 4) is 11.4 Å². The minimum absolute atomic E-state index is 0.201. The molecule has 0 radical (unpaired) electrons. The second kappa shape index (κ2) is 14.1. The number of hydrogen-bond donors (Lipinski definition) is 1. The van der Waals surface area contributed by atoms with E-state index in [1.165, 1.54) is 57.8 Å². The average Bonchev–Trinajstić information content (AvgIpc) is 3.21. The lowest BCUT2D eigenvalue weighted by atomic mass is 9.89. The zero-order valence-corrected chi connectivity index (χ0v) is 24.7. The van der Waals surface area contributed by atoms with Gasteiger partial charge in [-0.1, -0.05) is 83.7 Å². The SMILES string of the molecule is CCn1c(N)c(-c2nc(C)cn2COCCCCCCCCCCCC(C)(C)C)c(=O)c2ccc(Cl)nc21. The van der Waals surface area contributed by atoms with E-state index in [9.17, 15) is 4.79 Å². The highest BCUT2D eigenvalue weighted by Crippen LogP contribution is 2.27. The topological polar surface area (TPSA) is 88.0 Å². The normalized spacial score (nSPS) is 12.1. The summed E-state index contributed by atoms with van der Waals surface area (Å²) in [5, 5.41) is 0.794. The zero-order chi connectivity index (χ0) is 27.7. The molecule has 3 heterocycles. The van der Waals surface area contributed by atoms with Gasteiger partial charge in [0.05, 0.1) is 11.1 Å². The second-order valence-electron chi connectivity index (χ2n) is 11.5. The van der Waals surface area contributed by atoms with Crippen LogP contribution in [0.4, 0.5) is 5.82 Å². The lowest BCUT2D eigenvalue weighted by molar-refractivity contribution is 0.0748. The minimum atomic E-state index is -0.201. The van der Waals surface area contributed by atoms with Gasteiger partial charge in [-0.2, -0.15) is 0 Å². The summed E-state index contributed by atoms with van der Waals surface area (Å²) < 4.78 is 9.65. The van der Waals surface area contributed by atoms with Gasteiger partial charge in [-0.15, -0.1) is 0 Å². The highest BCUT2D eigenvalue weighted by Gasteiger charge is 2.21. The number of imidazole rings is 1. The van der Waals surface area contributed by atoms with E-state index in [1.807, 2.05) is 24.6 Å². The third-order valence-electron chi connectivity index (χ3n) is 7.00. The Balaban J connectivity index is 1.48. The number of nitrogens with zero attached hydrogens (tertiary/aromatic N) is 4. The van der Waals surface area contributed by atoms with Crippen molar-refractivity contribution in [3.05, 3.63) is 39.4 Å². The fraction of sp³-hybridized carbons (Fsp3) is 0.633. The number of aryl methyl sites for hydroxylation is 2. The number of rotatable bonds is 15. The molecule has 0 fully saturated rings. The lowest BCUT2D eigenvalue weighted by Crippen LogP contribution is -2.20. The molecule has 2 N–H and O–H groups in total. The second-order valence-corrected chi connectivity index (χ2v) is 11.9. The van der Waals surface area contributed by atoms with Crippen LogP contribution in [0.5, 0.6) is 0 Å². The van der Waals surface area contributed by atoms with Gasteiger partial charge < -0.3 is 19.6 Å². The van der Waals surface area contributed by atoms with Gasteiger partial charge >= 0.3 is 0 Å². The van der Waals surface area contributed by atoms with Crippen molar-refractivity contribution in [3.63, 3.8) is 0 Å². The standard InChI is InChI=1S/C30H46ClN5O2/c1-6-36-27(32)25(26(37)23-16-17-24(31)34-28(23)36)29-33-22(2)20-35(29)21-38-19-15-13-11-9-7-8-10-12-14-18-30(3,4)5/h16-17,20H,6-15,18-19,21,32H2,1-5H3. The van der Waals surface area contributed by atoms with Crippen molar-refractivity contribution >= 4 is 28.5 Å². The molecule has 0 saturated heterocycles. The molecule has 3 aromatic rings. The number of nitrogens with two attached hydrogens (primary N) is 1. The maximum absolute atomic E-state index is 13.4. The molecule has 0 aliphatic heterocycles. The molecule has 38 heavy (non-hydrogen) atoms. The Morgan fingerprint density at radius 3 is 2.24 bits per heavy atom. The molecule has 0 spiro atoms. The van der Waals surface area contributed by atoms with Crippen LogP contribution in [0.15, 0.2) is 23.1 Å². The van der Waals surface area contributed by atoms with Crippen LogP contribution in [0.25, 0.3) is 22.4 Å². The Kier molecular flexibility index (Phi) is 11.2. The van der Waals surface area contributed by atoms with Crippen LogP contribution in [-0.2, 0) is 18.0 Å². The van der Waals surface area contributed by atoms with Gasteiger partial charge in [0.15, 0.2) is 0 Å². The van der Waals surface area contributed by atoms with Crippen molar-refractivity contribution in [2.24, 2.45) is 5.41 Å². The number of aromatic nitrogens is 4. The minimum Gasteiger partial charge on any atom is -0.384 e. The first-order valence-corrected chi connectivity index (χ1v) is 14.6. The summed E-state index contributed by atoms with van der Waals surface area (Å²) in [6.07, 6.45) is 14.7. The van der Waals surface area contributed by atoms with Gasteiger partial charge in [-0.25, -0.2) is 9.97 Å². The van der Waals surface area contributed by atoms with Crippen LogP contribution in [0.3, 0.4) is 0 Å². The molecule has 3 aromatic heterocycles. The number of anilines is 1. The van der Waals surface area contributed by atoms with E-state index < -0.39 is 0 Å². The quantitative estimate of drug-likeness (QED) is 0.156. The summed E-state index contributed by atoms with van der Waals surface area (Å²) in [5.41, 5.74) is 8.42. The monoisotopic (exact) mass is 543 g/mol. The fourth-order valence-electron chi connectivity index (χ4n) is 4.95. The number of halogens is 1. The van der Waals surface area contributed by atoms with Gasteiger partial charge in [0, 0.05) is 19.3 Å². The van der Waals surface area contributed by atoms with Gasteiger partial charge in [-0.3, -0.25) is 4.79 Å². The van der Waals surface area contributed by atoms with Crippen LogP contribution in [-0.4, -0.2) is 25.7 Å². The van der Waals surface area contributed by atoms with E-state index >= 15 is 0 Å². The smallest absolute Gasteiger partial charge is 0.204 e. The largest absolute Gasteiger partial charge is 0.384 e. The summed E-state index contributed by atoms with van der Waals surface area (Å²) in [6, 6.07) is 3.33. The Labute approximate surface area is 232 Å². The van der Waals surface area contributed by atoms with Crippen molar-refractivity contribution in [2.45, 2.75) is 112 Å². The maximum Gasteiger partial charge on any atom is 0.204 e. The van der Waals surface area contributed by atoms with Crippen LogP contribution in [0.1, 0.15) is 97.6 Å². The van der Waals surface area contributed by atoms with E-state index in [2.05, 4.69) is 30.7 Å². The molecule has 210 valence electrons. The number of unbranched alkanes of at least 4 members (excludes halogenated alkanes) is 8. The molecule has 0 saturated carbocycles. The maximum atomic E-state index is 13.4. The molecule has 3 rings (SSSR count). The first kappa shape index (κ1) is 30.2. The summed E-state index contributed by atoms with van der Waals surface area (Å²) in [5.74, 6) is 0.854. The fourth-order valence-corrected chi connectivity index (χ4v) is 5.09. The Morgan fingerprint density at radius 2 is 1.61 bits per heavy atom. The van der Waals surface area contributed by atoms with E-state index in [4.69, 9.17) is 22.1 Å². The zero-order valence-electron chi connectivity index (χ0n) is 24.0. The molecular formula is C30H46ClN5O2. The first-order valence-electron chi connectivity index (χ1n) is 14.2. The molecule has 0 amide bonds. The van der Waals surface area contributed by atoms with Crippen molar-refractivity contribution in [2.75, 3.05) is 12.3 Å². The Hall–Kier alpha value is -2.38. The molecule has 0 aromatic carbocycles. The van der Waals surface area contributed by atoms with E-state index in [-0.39, 0.29) is 5.43 Å². The van der Waals surface area contributed by atoms with Crippen molar-refractivity contribution in [1.82, 2.24) is 19.1 Å². The Morgan fingerprint density at radius 1 is 0.974 bits per heavy atom. The third-order valence-corrected chi connectivity index (χ3v) is 7.21. The molecule has 0 bridgehead atoms. The molecule has 7 nitrogen and oxygen atoms in total. The number of hydrogen-bond acceptors (Lipinski definition) is 5. The number of fused-ring (bicyclic) bond motifs is 1. The molecule has 0 unspecified atom stereocenters. The number of ether oxygens (including phenoxy) is 1. The highest BCUT2D eigenvalue weighted by molar-refractivity contribution is 6.29. The summed E-state index contributed by atoms with van der Waals surface area (Å²) in [4.78, 5) is 22.4. The van der Waals surface area contributed by atoms with E-state index in [1.54, 1.807) is 16.7 Å². The van der Waals surface area contributed by atoms with Gasteiger partial charge in [0.25, 0.3) is 0 Å². The van der Waals surface area contributed by atoms with Gasteiger partial charge in [-0.05, 0) is 44.2 Å². The summed E-state index contributed by atoms with van der Waals surface area (Å²) >= 11 is 6.09. The Bertz CT molecular complexity index is 1240. The van der Waals surface area contributed by atoms with Crippen molar-refractivity contribution in [1.29, 1.82) is 0 Å². The average molecular weight is 544 g/mol. The number of pyridine rings is 2. The van der Waals surface area contributed by atoms with E-state index in [0.717, 1.165) is 12.1 Å². The summed E-state index contributed by atoms with van der Waals surface area (Å²) in [6.45, 7) is 12.4. The summed E-state index contributed by atoms with van der Waals surface area (Å²) in [7, 11) is 0. The van der Waals surface area contributed by atoms with E-state index in [0.29, 0.717) is 58.7 Å². The molecule has 0 aliphatic carbocycles. The number of nitrogen functional groups attached to an aromatic ring is 1. The predicted molar refractivity (Wildman–Crippen MR) is 159 cm³/mol. The predicted octanol–water partition coefficient (Wildman–Crippen LogP) is 7.75. The molecule has 8 heteroatoms. The molecule has 0 atom stereocenters. The van der Waals surface area contributed by atoms with Crippen LogP contribution >= 0.6 is 11.6 Å². The van der Waals surface area contributed by atoms with Gasteiger partial charge in [0.1, 0.15) is 34.7 Å². The van der Waals surface area contributed by atoms with Crippen LogP contribution in [0.2, 0.25) is 5.15 Å². The first-order chi connectivity index (χ1) is 18.1. The lowest BCUT2D eigenvalue weighted by Gasteiger charge is -2.17. The van der Waals surface area contributed by atoms with Crippen molar-refractivity contribution < 1.29 is 4.74 Å². The van der Waals surface area contributed by atoms with Crippen LogP contribution < -0.4 is 11.2 Å². The van der Waals surface area contributed by atoms with Gasteiger partial charge in [0.2, 0.25) is 5.43 Å². The molecule has 0 aliphatic rings. The highest BCUT2D eigenvalue weighted by atomic mass is 35.5. The molecular weight excluding hydrogens is 498 g/mol.